The van der Waals surface area contributed by atoms with Gasteiger partial charge < -0.3 is 10.4 Å². The molecular formula is C21H19FN2O3S2. The first-order valence-electron chi connectivity index (χ1n) is 8.94. The van der Waals surface area contributed by atoms with Gasteiger partial charge in [0, 0.05) is 12.1 Å². The third-order valence-corrected chi connectivity index (χ3v) is 5.76. The van der Waals surface area contributed by atoms with Crippen LogP contribution in [0.4, 0.5) is 4.39 Å². The van der Waals surface area contributed by atoms with Crippen molar-refractivity contribution < 1.29 is 19.1 Å². The predicted molar refractivity (Wildman–Crippen MR) is 116 cm³/mol. The molecule has 1 saturated heterocycles. The molecule has 2 aromatic carbocycles. The summed E-state index contributed by atoms with van der Waals surface area (Å²) in [6.45, 7) is 1.99. The minimum absolute atomic E-state index is 0.184. The van der Waals surface area contributed by atoms with Crippen molar-refractivity contribution in [2.75, 3.05) is 6.54 Å². The molecule has 0 radical (unpaired) electrons. The van der Waals surface area contributed by atoms with E-state index in [9.17, 15) is 19.1 Å². The van der Waals surface area contributed by atoms with E-state index in [1.165, 1.54) is 17.0 Å². The largest absolute Gasteiger partial charge is 0.508 e. The van der Waals surface area contributed by atoms with Gasteiger partial charge in [-0.3, -0.25) is 14.5 Å². The van der Waals surface area contributed by atoms with Gasteiger partial charge in [-0.1, -0.05) is 54.3 Å². The molecule has 1 fully saturated rings. The van der Waals surface area contributed by atoms with Crippen molar-refractivity contribution in [2.45, 2.75) is 19.4 Å². The molecule has 1 aliphatic heterocycles. The minimum atomic E-state index is -0.783. The van der Waals surface area contributed by atoms with Crippen molar-refractivity contribution in [3.63, 3.8) is 0 Å². The van der Waals surface area contributed by atoms with Gasteiger partial charge in [0.15, 0.2) is 0 Å². The number of carbonyl (C=O) groups excluding carboxylic acids is 2. The zero-order valence-electron chi connectivity index (χ0n) is 15.6. The molecule has 0 aliphatic carbocycles. The van der Waals surface area contributed by atoms with Crippen LogP contribution < -0.4 is 5.32 Å². The lowest BCUT2D eigenvalue weighted by Gasteiger charge is -2.22. The zero-order chi connectivity index (χ0) is 21.0. The second-order valence-corrected chi connectivity index (χ2v) is 8.13. The number of benzene rings is 2. The molecule has 29 heavy (non-hydrogen) atoms. The van der Waals surface area contributed by atoms with Crippen LogP contribution in [0.1, 0.15) is 18.1 Å². The van der Waals surface area contributed by atoms with Crippen LogP contribution in [-0.2, 0) is 16.0 Å². The Hall–Kier alpha value is -2.71. The molecule has 0 saturated carbocycles. The number of thiocarbonyl (C=S) groups is 1. The maximum absolute atomic E-state index is 13.9. The maximum Gasteiger partial charge on any atom is 0.266 e. The molecule has 5 nitrogen and oxygen atoms in total. The molecule has 0 aromatic heterocycles. The Morgan fingerprint density at radius 1 is 1.28 bits per heavy atom. The Labute approximate surface area is 177 Å². The Morgan fingerprint density at radius 2 is 1.97 bits per heavy atom. The highest BCUT2D eigenvalue weighted by atomic mass is 32.2. The zero-order valence-corrected chi connectivity index (χ0v) is 17.2. The summed E-state index contributed by atoms with van der Waals surface area (Å²) >= 11 is 6.32. The first kappa shape index (κ1) is 21.0. The third-order valence-electron chi connectivity index (χ3n) is 4.43. The Kier molecular flexibility index (Phi) is 6.66. The van der Waals surface area contributed by atoms with Crippen molar-refractivity contribution >= 4 is 46.2 Å². The number of nitrogens with zero attached hydrogens (tertiary/aromatic N) is 1. The molecule has 150 valence electrons. The van der Waals surface area contributed by atoms with Crippen LogP contribution >= 0.6 is 24.0 Å². The van der Waals surface area contributed by atoms with Crippen LogP contribution in [0.5, 0.6) is 5.75 Å². The number of phenols is 1. The molecule has 1 atom stereocenters. The summed E-state index contributed by atoms with van der Waals surface area (Å²) in [5.41, 5.74) is 1.26. The van der Waals surface area contributed by atoms with Gasteiger partial charge in [0.25, 0.3) is 5.91 Å². The fourth-order valence-electron chi connectivity index (χ4n) is 2.80. The topological polar surface area (TPSA) is 69.6 Å². The smallest absolute Gasteiger partial charge is 0.266 e. The first-order chi connectivity index (χ1) is 13.9. The summed E-state index contributed by atoms with van der Waals surface area (Å²) in [5, 5.41) is 12.1. The van der Waals surface area contributed by atoms with Gasteiger partial charge in [-0.25, -0.2) is 4.39 Å². The van der Waals surface area contributed by atoms with Gasteiger partial charge in [0.2, 0.25) is 5.91 Å². The number of hydrogen-bond acceptors (Lipinski definition) is 5. The van der Waals surface area contributed by atoms with E-state index in [-0.39, 0.29) is 20.9 Å². The molecule has 3 rings (SSSR count). The lowest BCUT2D eigenvalue weighted by molar-refractivity contribution is -0.132. The van der Waals surface area contributed by atoms with Crippen molar-refractivity contribution in [3.05, 3.63) is 70.4 Å². The van der Waals surface area contributed by atoms with E-state index >= 15 is 0 Å². The standard InChI is InChI=1S/C21H19FN2O3S2/c1-13(19(26)23-11-10-14-6-8-16(25)9-7-14)24-20(27)18(29-21(24)28)12-15-4-2-3-5-17(15)22/h2-9,12-13,25H,10-11H2,1H3,(H,23,26)/b18-12-. The van der Waals surface area contributed by atoms with Crippen LogP contribution in [0.25, 0.3) is 6.08 Å². The Balaban J connectivity index is 1.62. The number of hydrogen-bond donors (Lipinski definition) is 2. The van der Waals surface area contributed by atoms with Gasteiger partial charge in [-0.2, -0.15) is 0 Å². The van der Waals surface area contributed by atoms with E-state index in [0.29, 0.717) is 18.5 Å². The molecule has 2 aromatic rings. The lowest BCUT2D eigenvalue weighted by Crippen LogP contribution is -2.47. The number of phenolic OH excluding ortho intramolecular Hbond substituents is 1. The van der Waals surface area contributed by atoms with Crippen LogP contribution in [0.15, 0.2) is 53.4 Å². The fraction of sp³-hybridized carbons (Fsp3) is 0.190. The van der Waals surface area contributed by atoms with Crippen LogP contribution in [0.3, 0.4) is 0 Å². The summed E-state index contributed by atoms with van der Waals surface area (Å²) < 4.78 is 14.1. The average molecular weight is 431 g/mol. The summed E-state index contributed by atoms with van der Waals surface area (Å²) in [5.74, 6) is -0.987. The number of thioether (sulfide) groups is 1. The average Bonchev–Trinajstić information content (AvgIpc) is 2.97. The van der Waals surface area contributed by atoms with Gasteiger partial charge in [-0.15, -0.1) is 0 Å². The van der Waals surface area contributed by atoms with E-state index < -0.39 is 17.8 Å². The predicted octanol–water partition coefficient (Wildman–Crippen LogP) is 3.48. The van der Waals surface area contributed by atoms with E-state index in [2.05, 4.69) is 5.32 Å². The summed E-state index contributed by atoms with van der Waals surface area (Å²) in [7, 11) is 0. The van der Waals surface area contributed by atoms with Gasteiger partial charge in [0.05, 0.1) is 4.91 Å². The third kappa shape index (κ3) is 5.02. The van der Waals surface area contributed by atoms with Crippen LogP contribution in [-0.4, -0.2) is 38.7 Å². The van der Waals surface area contributed by atoms with Crippen LogP contribution in [0.2, 0.25) is 0 Å². The van der Waals surface area contributed by atoms with E-state index in [0.717, 1.165) is 17.3 Å². The highest BCUT2D eigenvalue weighted by molar-refractivity contribution is 8.26. The van der Waals surface area contributed by atoms with Gasteiger partial charge in [-0.05, 0) is 43.2 Å². The molecule has 1 unspecified atom stereocenters. The highest BCUT2D eigenvalue weighted by Crippen LogP contribution is 2.34. The molecule has 0 spiro atoms. The number of carbonyl (C=O) groups is 2. The minimum Gasteiger partial charge on any atom is -0.508 e. The van der Waals surface area contributed by atoms with Gasteiger partial charge in [0.1, 0.15) is 21.9 Å². The lowest BCUT2D eigenvalue weighted by atomic mass is 10.1. The molecule has 2 N–H and O–H groups in total. The molecular weight excluding hydrogens is 411 g/mol. The Bertz CT molecular complexity index is 976. The SMILES string of the molecule is CC(C(=O)NCCc1ccc(O)cc1)N1C(=O)/C(=C/c2ccccc2F)SC1=S. The van der Waals surface area contributed by atoms with Crippen LogP contribution in [0, 0.1) is 5.82 Å². The summed E-state index contributed by atoms with van der Waals surface area (Å²) in [4.78, 5) is 26.8. The van der Waals surface area contributed by atoms with Crippen molar-refractivity contribution in [1.29, 1.82) is 0 Å². The summed E-state index contributed by atoms with van der Waals surface area (Å²) in [6.07, 6.45) is 2.04. The highest BCUT2D eigenvalue weighted by Gasteiger charge is 2.38. The first-order valence-corrected chi connectivity index (χ1v) is 10.2. The van der Waals surface area contributed by atoms with Crippen molar-refractivity contribution in [1.82, 2.24) is 10.2 Å². The number of rotatable bonds is 6. The molecule has 8 heteroatoms. The molecule has 1 aliphatic rings. The number of aromatic hydroxyl groups is 1. The normalized spacial score (nSPS) is 16.3. The maximum atomic E-state index is 13.9. The van der Waals surface area contributed by atoms with Crippen molar-refractivity contribution in [2.24, 2.45) is 0 Å². The number of amides is 2. The summed E-state index contributed by atoms with van der Waals surface area (Å²) in [6, 6.07) is 12.1. The van der Waals surface area contributed by atoms with E-state index in [1.807, 2.05) is 0 Å². The van der Waals surface area contributed by atoms with Gasteiger partial charge >= 0.3 is 0 Å². The second kappa shape index (κ2) is 9.19. The monoisotopic (exact) mass is 430 g/mol. The molecule has 1 heterocycles. The molecule has 2 amide bonds. The fourth-order valence-corrected chi connectivity index (χ4v) is 4.21. The number of halogens is 1. The second-order valence-electron chi connectivity index (χ2n) is 6.46. The number of nitrogens with one attached hydrogen (secondary N) is 1. The molecule has 0 bridgehead atoms. The Morgan fingerprint density at radius 3 is 2.66 bits per heavy atom. The van der Waals surface area contributed by atoms with Crippen molar-refractivity contribution in [3.8, 4) is 5.75 Å². The quantitative estimate of drug-likeness (QED) is 0.543. The van der Waals surface area contributed by atoms with E-state index in [1.54, 1.807) is 49.4 Å². The van der Waals surface area contributed by atoms with E-state index in [4.69, 9.17) is 12.2 Å².